The average Bonchev–Trinajstić information content (AvgIpc) is 3.25. The van der Waals surface area contributed by atoms with Crippen molar-refractivity contribution in [2.24, 2.45) is 0 Å². The average molecular weight is 424 g/mol. The number of fused-ring (bicyclic) bond motifs is 1. The molecule has 1 aromatic carbocycles. The van der Waals surface area contributed by atoms with Gasteiger partial charge < -0.3 is 24.8 Å². The Hall–Kier alpha value is -3.92. The van der Waals surface area contributed by atoms with Crippen LogP contribution in [-0.4, -0.2) is 49.6 Å². The number of carboxylic acids is 1. The molecule has 1 aliphatic rings. The molecule has 10 nitrogen and oxygen atoms in total. The van der Waals surface area contributed by atoms with Crippen LogP contribution < -0.4 is 10.9 Å². The van der Waals surface area contributed by atoms with Gasteiger partial charge in [-0.25, -0.2) is 4.68 Å². The van der Waals surface area contributed by atoms with Crippen LogP contribution in [0.2, 0.25) is 0 Å². The number of carbonyl (C=O) groups excluding carboxylic acids is 1. The summed E-state index contributed by atoms with van der Waals surface area (Å²) in [7, 11) is 0. The second-order valence-electron chi connectivity index (χ2n) is 7.01. The molecule has 4 rings (SSSR count). The summed E-state index contributed by atoms with van der Waals surface area (Å²) in [5.41, 5.74) is 1.13. The van der Waals surface area contributed by atoms with Crippen LogP contribution in [0.3, 0.4) is 0 Å². The van der Waals surface area contributed by atoms with Crippen molar-refractivity contribution in [1.82, 2.24) is 19.7 Å². The minimum Gasteiger partial charge on any atom is -0.506 e. The van der Waals surface area contributed by atoms with Gasteiger partial charge in [0, 0.05) is 23.9 Å². The van der Waals surface area contributed by atoms with E-state index in [1.165, 1.54) is 4.57 Å². The molecule has 1 aliphatic heterocycles. The third-order valence-electron chi connectivity index (χ3n) is 5.00. The van der Waals surface area contributed by atoms with Gasteiger partial charge in [-0.2, -0.15) is 5.10 Å². The van der Waals surface area contributed by atoms with Gasteiger partial charge in [0.25, 0.3) is 11.5 Å². The first-order chi connectivity index (χ1) is 15.0. The van der Waals surface area contributed by atoms with Crippen molar-refractivity contribution >= 4 is 11.9 Å². The predicted octanol–water partition coefficient (Wildman–Crippen LogP) is 0.675. The first-order valence-corrected chi connectivity index (χ1v) is 9.61. The number of hydrogen-bond acceptors (Lipinski definition) is 6. The molecular formula is C21H20N4O6. The Bertz CT molecular complexity index is 1200. The van der Waals surface area contributed by atoms with E-state index in [1.807, 2.05) is 30.3 Å². The third kappa shape index (κ3) is 4.05. The van der Waals surface area contributed by atoms with Gasteiger partial charge in [-0.05, 0) is 18.2 Å². The van der Waals surface area contributed by atoms with Crippen molar-refractivity contribution in [3.05, 3.63) is 75.5 Å². The number of carboxylic acid groups (broad SMARTS) is 1. The molecule has 0 spiro atoms. The van der Waals surface area contributed by atoms with E-state index < -0.39 is 35.3 Å². The van der Waals surface area contributed by atoms with Gasteiger partial charge in [0.15, 0.2) is 0 Å². The van der Waals surface area contributed by atoms with E-state index in [-0.39, 0.29) is 13.2 Å². The topological polar surface area (TPSA) is 136 Å². The van der Waals surface area contributed by atoms with Gasteiger partial charge >= 0.3 is 5.97 Å². The van der Waals surface area contributed by atoms with Gasteiger partial charge in [0.05, 0.1) is 31.1 Å². The molecule has 0 fully saturated rings. The molecule has 0 radical (unpaired) electrons. The summed E-state index contributed by atoms with van der Waals surface area (Å²) < 4.78 is 8.47. The third-order valence-corrected chi connectivity index (χ3v) is 5.00. The number of aromatic hydroxyl groups is 1. The van der Waals surface area contributed by atoms with E-state index >= 15 is 0 Å². The normalized spacial score (nSPS) is 12.9. The number of aliphatic carboxylic acids is 1. The molecule has 0 saturated carbocycles. The summed E-state index contributed by atoms with van der Waals surface area (Å²) >= 11 is 0. The Morgan fingerprint density at radius 2 is 1.97 bits per heavy atom. The molecule has 160 valence electrons. The van der Waals surface area contributed by atoms with Crippen molar-refractivity contribution in [1.29, 1.82) is 0 Å². The first kappa shape index (κ1) is 20.4. The van der Waals surface area contributed by atoms with Crippen LogP contribution in [0.25, 0.3) is 5.69 Å². The molecule has 2 aromatic heterocycles. The number of ether oxygens (including phenoxy) is 1. The fraction of sp³-hybridized carbons (Fsp3) is 0.238. The Morgan fingerprint density at radius 1 is 1.19 bits per heavy atom. The first-order valence-electron chi connectivity index (χ1n) is 9.61. The molecule has 0 unspecified atom stereocenters. The number of rotatable bonds is 6. The zero-order valence-corrected chi connectivity index (χ0v) is 16.4. The Morgan fingerprint density at radius 3 is 2.71 bits per heavy atom. The maximum atomic E-state index is 13.1. The fourth-order valence-corrected chi connectivity index (χ4v) is 3.54. The van der Waals surface area contributed by atoms with Crippen molar-refractivity contribution < 1.29 is 24.5 Å². The van der Waals surface area contributed by atoms with Crippen LogP contribution in [0.5, 0.6) is 5.75 Å². The number of benzene rings is 1. The summed E-state index contributed by atoms with van der Waals surface area (Å²) in [5.74, 6) is -2.70. The van der Waals surface area contributed by atoms with Crippen LogP contribution in [-0.2, 0) is 29.1 Å². The number of amides is 1. The number of nitrogens with one attached hydrogen (secondary N) is 1. The standard InChI is InChI=1S/C21H20N4O6/c26-17(27)10-22-20(29)18-19(28)15-12-31-9-7-16(15)24(21(18)30)11-13-6-8-25(23-13)14-4-2-1-3-5-14/h1-6,8,28H,7,9-12H2,(H,22,29)(H,26,27). The second-order valence-corrected chi connectivity index (χ2v) is 7.01. The molecule has 1 amide bonds. The van der Waals surface area contributed by atoms with E-state index in [4.69, 9.17) is 9.84 Å². The zero-order chi connectivity index (χ0) is 22.0. The Labute approximate surface area is 176 Å². The number of para-hydroxylation sites is 1. The van der Waals surface area contributed by atoms with Gasteiger partial charge in [-0.1, -0.05) is 18.2 Å². The van der Waals surface area contributed by atoms with Crippen molar-refractivity contribution in [3.63, 3.8) is 0 Å². The van der Waals surface area contributed by atoms with Crippen LogP contribution in [0.15, 0.2) is 47.4 Å². The molecule has 0 aliphatic carbocycles. The molecule has 10 heteroatoms. The highest BCUT2D eigenvalue weighted by molar-refractivity contribution is 5.98. The number of hydrogen-bond donors (Lipinski definition) is 3. The predicted molar refractivity (Wildman–Crippen MR) is 108 cm³/mol. The van der Waals surface area contributed by atoms with Crippen LogP contribution in [0, 0.1) is 0 Å². The fourth-order valence-electron chi connectivity index (χ4n) is 3.54. The summed E-state index contributed by atoms with van der Waals surface area (Å²) in [4.78, 5) is 36.4. The lowest BCUT2D eigenvalue weighted by Gasteiger charge is -2.23. The lowest BCUT2D eigenvalue weighted by molar-refractivity contribution is -0.135. The lowest BCUT2D eigenvalue weighted by Crippen LogP contribution is -2.38. The summed E-state index contributed by atoms with van der Waals surface area (Å²) in [6.07, 6.45) is 2.15. The lowest BCUT2D eigenvalue weighted by atomic mass is 10.0. The molecule has 0 bridgehead atoms. The van der Waals surface area contributed by atoms with Crippen LogP contribution in [0.4, 0.5) is 0 Å². The zero-order valence-electron chi connectivity index (χ0n) is 16.4. The molecule has 3 N–H and O–H groups in total. The van der Waals surface area contributed by atoms with Gasteiger partial charge in [-0.15, -0.1) is 0 Å². The van der Waals surface area contributed by atoms with Crippen molar-refractivity contribution in [2.45, 2.75) is 19.6 Å². The van der Waals surface area contributed by atoms with Gasteiger partial charge in [0.2, 0.25) is 0 Å². The Kier molecular flexibility index (Phi) is 5.54. The van der Waals surface area contributed by atoms with E-state index in [0.717, 1.165) is 5.69 Å². The Balaban J connectivity index is 1.74. The van der Waals surface area contributed by atoms with Crippen LogP contribution >= 0.6 is 0 Å². The molecule has 0 atom stereocenters. The molecule has 3 heterocycles. The summed E-state index contributed by atoms with van der Waals surface area (Å²) in [6, 6.07) is 11.2. The van der Waals surface area contributed by atoms with Crippen molar-refractivity contribution in [2.75, 3.05) is 13.2 Å². The largest absolute Gasteiger partial charge is 0.506 e. The second kappa shape index (κ2) is 8.44. The molecular weight excluding hydrogens is 404 g/mol. The maximum absolute atomic E-state index is 13.1. The van der Waals surface area contributed by atoms with Gasteiger partial charge in [0.1, 0.15) is 17.9 Å². The molecule has 0 saturated heterocycles. The highest BCUT2D eigenvalue weighted by Gasteiger charge is 2.28. The minimum atomic E-state index is -1.26. The SMILES string of the molecule is O=C(O)CNC(=O)c1c(O)c2c(n(Cc3ccn(-c4ccccc4)n3)c1=O)CCOC2. The van der Waals surface area contributed by atoms with E-state index in [2.05, 4.69) is 10.4 Å². The quantitative estimate of drug-likeness (QED) is 0.529. The van der Waals surface area contributed by atoms with E-state index in [1.54, 1.807) is 16.9 Å². The minimum absolute atomic E-state index is 0.0408. The number of nitrogens with zero attached hydrogens (tertiary/aromatic N) is 3. The van der Waals surface area contributed by atoms with Crippen molar-refractivity contribution in [3.8, 4) is 11.4 Å². The molecule has 31 heavy (non-hydrogen) atoms. The number of carbonyl (C=O) groups is 2. The van der Waals surface area contributed by atoms with E-state index in [9.17, 15) is 19.5 Å². The van der Waals surface area contributed by atoms with E-state index in [0.29, 0.717) is 30.0 Å². The highest BCUT2D eigenvalue weighted by atomic mass is 16.5. The monoisotopic (exact) mass is 424 g/mol. The maximum Gasteiger partial charge on any atom is 0.322 e. The summed E-state index contributed by atoms with van der Waals surface area (Å²) in [6.45, 7) is -0.179. The summed E-state index contributed by atoms with van der Waals surface area (Å²) in [5, 5.41) is 26.0. The highest BCUT2D eigenvalue weighted by Crippen LogP contribution is 2.28. The number of aromatic nitrogens is 3. The van der Waals surface area contributed by atoms with Gasteiger partial charge in [-0.3, -0.25) is 14.4 Å². The number of pyridine rings is 1. The molecule has 3 aromatic rings. The van der Waals surface area contributed by atoms with Crippen LogP contribution in [0.1, 0.15) is 27.3 Å². The smallest absolute Gasteiger partial charge is 0.322 e.